The summed E-state index contributed by atoms with van der Waals surface area (Å²) in [4.78, 5) is 7.71. The zero-order valence-electron chi connectivity index (χ0n) is 13.7. The molecule has 124 valence electrons. The molecule has 2 rings (SSSR count). The van der Waals surface area contributed by atoms with E-state index in [0.29, 0.717) is 12.5 Å². The van der Waals surface area contributed by atoms with Crippen LogP contribution in [-0.4, -0.2) is 38.5 Å². The zero-order chi connectivity index (χ0) is 16.7. The first-order valence-corrected chi connectivity index (χ1v) is 8.37. The van der Waals surface area contributed by atoms with Gasteiger partial charge in [-0.05, 0) is 43.2 Å². The van der Waals surface area contributed by atoms with Crippen LogP contribution in [0, 0.1) is 5.82 Å². The van der Waals surface area contributed by atoms with Crippen LogP contribution in [0.15, 0.2) is 46.8 Å². The fourth-order valence-corrected chi connectivity index (χ4v) is 3.19. The number of benzene rings is 1. The van der Waals surface area contributed by atoms with Crippen molar-refractivity contribution in [3.8, 4) is 0 Å². The predicted octanol–water partition coefficient (Wildman–Crippen LogP) is 2.86. The van der Waals surface area contributed by atoms with Gasteiger partial charge in [-0.25, -0.2) is 4.39 Å². The first-order valence-electron chi connectivity index (χ1n) is 7.49. The highest BCUT2D eigenvalue weighted by molar-refractivity contribution is 7.10. The Morgan fingerprint density at radius 3 is 2.70 bits per heavy atom. The Labute approximate surface area is 141 Å². The van der Waals surface area contributed by atoms with Gasteiger partial charge in [0.15, 0.2) is 5.96 Å². The minimum Gasteiger partial charge on any atom is -0.354 e. The van der Waals surface area contributed by atoms with Crippen molar-refractivity contribution in [2.24, 2.45) is 4.99 Å². The summed E-state index contributed by atoms with van der Waals surface area (Å²) >= 11 is 1.75. The molecule has 1 heterocycles. The molecule has 0 aliphatic rings. The number of thiophene rings is 1. The molecule has 4 nitrogen and oxygen atoms in total. The number of rotatable bonds is 6. The van der Waals surface area contributed by atoms with E-state index >= 15 is 0 Å². The molecule has 0 aliphatic carbocycles. The smallest absolute Gasteiger partial charge is 0.191 e. The molecule has 0 fully saturated rings. The van der Waals surface area contributed by atoms with Crippen LogP contribution in [-0.2, 0) is 6.54 Å². The first kappa shape index (κ1) is 17.4. The van der Waals surface area contributed by atoms with Crippen molar-refractivity contribution < 1.29 is 4.39 Å². The zero-order valence-corrected chi connectivity index (χ0v) is 14.5. The summed E-state index contributed by atoms with van der Waals surface area (Å²) in [5.74, 6) is 0.482. The van der Waals surface area contributed by atoms with Crippen molar-refractivity contribution in [3.05, 3.63) is 58.0 Å². The Morgan fingerprint density at radius 1 is 1.26 bits per heavy atom. The van der Waals surface area contributed by atoms with Crippen molar-refractivity contribution in [1.29, 1.82) is 0 Å². The third-order valence-corrected chi connectivity index (χ3v) is 4.50. The molecule has 0 radical (unpaired) electrons. The number of guanidine groups is 1. The Morgan fingerprint density at radius 2 is 2.09 bits per heavy atom. The number of halogens is 1. The molecule has 2 aromatic rings. The van der Waals surface area contributed by atoms with Crippen LogP contribution in [0.3, 0.4) is 0 Å². The highest BCUT2D eigenvalue weighted by Gasteiger charge is 2.15. The molecule has 1 aromatic carbocycles. The van der Waals surface area contributed by atoms with E-state index in [0.717, 1.165) is 12.1 Å². The predicted molar refractivity (Wildman–Crippen MR) is 95.3 cm³/mol. The lowest BCUT2D eigenvalue weighted by molar-refractivity contribution is 0.302. The van der Waals surface area contributed by atoms with E-state index < -0.39 is 0 Å². The van der Waals surface area contributed by atoms with Gasteiger partial charge >= 0.3 is 0 Å². The number of hydrogen-bond donors (Lipinski definition) is 2. The summed E-state index contributed by atoms with van der Waals surface area (Å²) in [6.45, 7) is 1.28. The number of likely N-dealkylation sites (N-methyl/N-ethyl adjacent to an activating group) is 1. The Hall–Kier alpha value is -1.92. The molecule has 0 amide bonds. The molecule has 0 bridgehead atoms. The number of aliphatic imine (C=N–C) groups is 1. The van der Waals surface area contributed by atoms with Crippen molar-refractivity contribution in [2.45, 2.75) is 12.6 Å². The minimum absolute atomic E-state index is 0.224. The molecule has 6 heteroatoms. The monoisotopic (exact) mass is 334 g/mol. The summed E-state index contributed by atoms with van der Waals surface area (Å²) in [5, 5.41) is 8.63. The third-order valence-electron chi connectivity index (χ3n) is 3.53. The summed E-state index contributed by atoms with van der Waals surface area (Å²) in [5.41, 5.74) is 0.885. The molecule has 1 unspecified atom stereocenters. The van der Waals surface area contributed by atoms with Gasteiger partial charge in [0.25, 0.3) is 0 Å². The van der Waals surface area contributed by atoms with Crippen LogP contribution < -0.4 is 10.6 Å². The van der Waals surface area contributed by atoms with Crippen LogP contribution in [0.5, 0.6) is 0 Å². The summed E-state index contributed by atoms with van der Waals surface area (Å²) in [6, 6.07) is 11.0. The van der Waals surface area contributed by atoms with E-state index in [1.165, 1.54) is 17.0 Å². The van der Waals surface area contributed by atoms with E-state index in [2.05, 4.69) is 52.1 Å². The Balaban J connectivity index is 1.89. The standard InChI is InChI=1S/C17H23FN4S/c1-19-17(20-11-13-6-4-7-14(18)10-13)21-12-15(22(2)3)16-8-5-9-23-16/h4-10,15H,11-12H2,1-3H3,(H2,19,20,21). The Bertz CT molecular complexity index is 625. The molecular formula is C17H23FN4S. The van der Waals surface area contributed by atoms with Crippen LogP contribution in [0.1, 0.15) is 16.5 Å². The van der Waals surface area contributed by atoms with Crippen LogP contribution in [0.4, 0.5) is 4.39 Å². The lowest BCUT2D eigenvalue weighted by atomic mass is 10.2. The molecule has 23 heavy (non-hydrogen) atoms. The van der Waals surface area contributed by atoms with E-state index in [1.807, 2.05) is 6.07 Å². The van der Waals surface area contributed by atoms with Gasteiger partial charge < -0.3 is 15.5 Å². The van der Waals surface area contributed by atoms with Gasteiger partial charge in [-0.3, -0.25) is 4.99 Å². The normalized spacial score (nSPS) is 13.2. The van der Waals surface area contributed by atoms with Gasteiger partial charge in [-0.15, -0.1) is 11.3 Å². The van der Waals surface area contributed by atoms with E-state index in [-0.39, 0.29) is 11.9 Å². The average molecular weight is 334 g/mol. The molecular weight excluding hydrogens is 311 g/mol. The van der Waals surface area contributed by atoms with E-state index in [9.17, 15) is 4.39 Å². The average Bonchev–Trinajstić information content (AvgIpc) is 3.04. The molecule has 0 saturated carbocycles. The van der Waals surface area contributed by atoms with Crippen LogP contribution in [0.25, 0.3) is 0 Å². The van der Waals surface area contributed by atoms with Gasteiger partial charge in [-0.1, -0.05) is 18.2 Å². The molecule has 1 atom stereocenters. The second-order valence-corrected chi connectivity index (χ2v) is 6.41. The van der Waals surface area contributed by atoms with Crippen molar-refractivity contribution >= 4 is 17.3 Å². The maximum atomic E-state index is 13.2. The second kappa shape index (κ2) is 8.64. The third kappa shape index (κ3) is 5.33. The van der Waals surface area contributed by atoms with Gasteiger partial charge in [0, 0.05) is 25.0 Å². The van der Waals surface area contributed by atoms with E-state index in [4.69, 9.17) is 0 Å². The fourth-order valence-electron chi connectivity index (χ4n) is 2.27. The van der Waals surface area contributed by atoms with Crippen LogP contribution >= 0.6 is 11.3 Å². The number of nitrogens with one attached hydrogen (secondary N) is 2. The lowest BCUT2D eigenvalue weighted by Gasteiger charge is -2.24. The topological polar surface area (TPSA) is 39.7 Å². The van der Waals surface area contributed by atoms with Gasteiger partial charge in [0.2, 0.25) is 0 Å². The first-order chi connectivity index (χ1) is 11.1. The lowest BCUT2D eigenvalue weighted by Crippen LogP contribution is -2.41. The van der Waals surface area contributed by atoms with Gasteiger partial charge in [-0.2, -0.15) is 0 Å². The molecule has 1 aromatic heterocycles. The molecule has 0 spiro atoms. The summed E-state index contributed by atoms with van der Waals surface area (Å²) in [7, 11) is 5.86. The maximum absolute atomic E-state index is 13.2. The van der Waals surface area contributed by atoms with Crippen molar-refractivity contribution in [1.82, 2.24) is 15.5 Å². The number of nitrogens with zero attached hydrogens (tertiary/aromatic N) is 2. The summed E-state index contributed by atoms with van der Waals surface area (Å²) < 4.78 is 13.2. The highest BCUT2D eigenvalue weighted by Crippen LogP contribution is 2.22. The molecule has 0 saturated heterocycles. The van der Waals surface area contributed by atoms with Gasteiger partial charge in [0.1, 0.15) is 5.82 Å². The van der Waals surface area contributed by atoms with Crippen LogP contribution in [0.2, 0.25) is 0 Å². The quantitative estimate of drug-likeness (QED) is 0.630. The highest BCUT2D eigenvalue weighted by atomic mass is 32.1. The molecule has 2 N–H and O–H groups in total. The fraction of sp³-hybridized carbons (Fsp3) is 0.353. The van der Waals surface area contributed by atoms with Gasteiger partial charge in [0.05, 0.1) is 6.04 Å². The largest absolute Gasteiger partial charge is 0.354 e. The Kier molecular flexibility index (Phi) is 6.55. The minimum atomic E-state index is -0.224. The second-order valence-electron chi connectivity index (χ2n) is 5.43. The number of hydrogen-bond acceptors (Lipinski definition) is 3. The maximum Gasteiger partial charge on any atom is 0.191 e. The summed E-state index contributed by atoms with van der Waals surface area (Å²) in [6.07, 6.45) is 0. The molecule has 0 aliphatic heterocycles. The van der Waals surface area contributed by atoms with E-state index in [1.54, 1.807) is 24.5 Å². The van der Waals surface area contributed by atoms with Crippen molar-refractivity contribution in [3.63, 3.8) is 0 Å². The van der Waals surface area contributed by atoms with Crippen molar-refractivity contribution in [2.75, 3.05) is 27.7 Å². The SMILES string of the molecule is CN=C(NCc1cccc(F)c1)NCC(c1cccs1)N(C)C.